The Bertz CT molecular complexity index is 885. The molecule has 160 valence electrons. The number of hydrogen-bond donors (Lipinski definition) is 1. The van der Waals surface area contributed by atoms with E-state index in [1.807, 2.05) is 45.0 Å². The lowest BCUT2D eigenvalue weighted by molar-refractivity contribution is 0.0139. The van der Waals surface area contributed by atoms with Gasteiger partial charge < -0.3 is 15.0 Å². The highest BCUT2D eigenvalue weighted by atomic mass is 19.1. The van der Waals surface area contributed by atoms with Crippen molar-refractivity contribution in [2.24, 2.45) is 0 Å². The Balaban J connectivity index is 1.49. The molecule has 0 unspecified atom stereocenters. The second-order valence-electron chi connectivity index (χ2n) is 8.37. The number of nitrogens with zero attached hydrogens (tertiary/aromatic N) is 2. The molecular weight excluding hydrogens is 385 g/mol. The largest absolute Gasteiger partial charge is 0.444 e. The molecular formula is C23H28FN3O3. The van der Waals surface area contributed by atoms with Crippen LogP contribution in [-0.4, -0.2) is 53.6 Å². The lowest BCUT2D eigenvalue weighted by Gasteiger charge is -2.35. The number of ether oxygens (including phenoxy) is 1. The minimum absolute atomic E-state index is 0.0180. The van der Waals surface area contributed by atoms with Crippen molar-refractivity contribution in [2.75, 3.05) is 31.5 Å². The summed E-state index contributed by atoms with van der Waals surface area (Å²) in [6, 6.07) is 13.4. The first-order chi connectivity index (χ1) is 14.2. The summed E-state index contributed by atoms with van der Waals surface area (Å²) in [4.78, 5) is 28.4. The van der Waals surface area contributed by atoms with Crippen LogP contribution < -0.4 is 5.32 Å². The summed E-state index contributed by atoms with van der Waals surface area (Å²) in [7, 11) is 0. The minimum atomic E-state index is -0.544. The number of amides is 2. The number of carbonyl (C=O) groups is 2. The van der Waals surface area contributed by atoms with Crippen molar-refractivity contribution in [2.45, 2.75) is 32.9 Å². The molecule has 6 nitrogen and oxygen atoms in total. The van der Waals surface area contributed by atoms with E-state index in [9.17, 15) is 14.0 Å². The van der Waals surface area contributed by atoms with Gasteiger partial charge in [0.1, 0.15) is 11.4 Å². The van der Waals surface area contributed by atoms with E-state index < -0.39 is 17.3 Å². The molecule has 1 saturated heterocycles. The molecule has 1 aliphatic rings. The van der Waals surface area contributed by atoms with Crippen molar-refractivity contribution in [1.82, 2.24) is 9.80 Å². The standard InChI is InChI=1S/C23H28FN3O3/c1-23(2,3)30-22(29)27-14-12-26(13-15-27)16-17-8-10-18(11-9-17)25-21(28)19-6-4-5-7-20(19)24/h4-11H,12-16H2,1-3H3,(H,25,28). The van der Waals surface area contributed by atoms with Crippen LogP contribution in [0.2, 0.25) is 0 Å². The van der Waals surface area contributed by atoms with E-state index in [1.165, 1.54) is 12.1 Å². The maximum absolute atomic E-state index is 13.7. The smallest absolute Gasteiger partial charge is 0.410 e. The molecule has 7 heteroatoms. The van der Waals surface area contributed by atoms with E-state index in [2.05, 4.69) is 10.2 Å². The SMILES string of the molecule is CC(C)(C)OC(=O)N1CCN(Cc2ccc(NC(=O)c3ccccc3F)cc2)CC1. The van der Waals surface area contributed by atoms with Gasteiger partial charge in [-0.25, -0.2) is 9.18 Å². The second kappa shape index (κ2) is 9.26. The summed E-state index contributed by atoms with van der Waals surface area (Å²) >= 11 is 0. The number of rotatable bonds is 4. The number of carbonyl (C=O) groups excluding carboxylic acids is 2. The van der Waals surface area contributed by atoms with Gasteiger partial charge in [-0.15, -0.1) is 0 Å². The molecule has 1 fully saturated rings. The summed E-state index contributed by atoms with van der Waals surface area (Å²) < 4.78 is 19.2. The zero-order chi connectivity index (χ0) is 21.7. The summed E-state index contributed by atoms with van der Waals surface area (Å²) in [5.41, 5.74) is 1.24. The van der Waals surface area contributed by atoms with Gasteiger partial charge in [0, 0.05) is 38.4 Å². The first-order valence-corrected chi connectivity index (χ1v) is 10.1. The normalized spacial score (nSPS) is 15.0. The third kappa shape index (κ3) is 6.03. The number of halogens is 1. The summed E-state index contributed by atoms with van der Waals surface area (Å²) in [6.45, 7) is 9.15. The highest BCUT2D eigenvalue weighted by Crippen LogP contribution is 2.16. The van der Waals surface area contributed by atoms with Crippen LogP contribution in [0.5, 0.6) is 0 Å². The summed E-state index contributed by atoms with van der Waals surface area (Å²) in [5.74, 6) is -1.02. The van der Waals surface area contributed by atoms with Gasteiger partial charge in [-0.3, -0.25) is 9.69 Å². The van der Waals surface area contributed by atoms with Crippen LogP contribution in [0, 0.1) is 5.82 Å². The average molecular weight is 413 g/mol. The molecule has 2 aromatic rings. The molecule has 1 aliphatic heterocycles. The van der Waals surface area contributed by atoms with Crippen LogP contribution >= 0.6 is 0 Å². The van der Waals surface area contributed by atoms with Crippen LogP contribution in [0.1, 0.15) is 36.7 Å². The average Bonchev–Trinajstić information content (AvgIpc) is 2.69. The Kier molecular flexibility index (Phi) is 6.72. The first-order valence-electron chi connectivity index (χ1n) is 10.1. The number of anilines is 1. The number of piperazine rings is 1. The number of benzene rings is 2. The van der Waals surface area contributed by atoms with Crippen molar-refractivity contribution in [3.63, 3.8) is 0 Å². The van der Waals surface area contributed by atoms with Crippen LogP contribution in [0.25, 0.3) is 0 Å². The Morgan fingerprint density at radius 2 is 1.63 bits per heavy atom. The molecule has 0 radical (unpaired) electrons. The lowest BCUT2D eigenvalue weighted by Crippen LogP contribution is -2.49. The molecule has 2 amide bonds. The lowest BCUT2D eigenvalue weighted by atomic mass is 10.1. The maximum atomic E-state index is 13.7. The molecule has 30 heavy (non-hydrogen) atoms. The molecule has 0 aliphatic carbocycles. The minimum Gasteiger partial charge on any atom is -0.444 e. The fourth-order valence-electron chi connectivity index (χ4n) is 3.21. The van der Waals surface area contributed by atoms with Crippen molar-refractivity contribution >= 4 is 17.7 Å². The van der Waals surface area contributed by atoms with Gasteiger partial charge in [0.2, 0.25) is 0 Å². The maximum Gasteiger partial charge on any atom is 0.410 e. The van der Waals surface area contributed by atoms with Crippen LogP contribution in [0.4, 0.5) is 14.9 Å². The van der Waals surface area contributed by atoms with Gasteiger partial charge in [-0.05, 0) is 50.6 Å². The first kappa shape index (κ1) is 21.8. The highest BCUT2D eigenvalue weighted by Gasteiger charge is 2.25. The topological polar surface area (TPSA) is 61.9 Å². The van der Waals surface area contributed by atoms with Gasteiger partial charge in [0.25, 0.3) is 5.91 Å². The molecule has 0 saturated carbocycles. The monoisotopic (exact) mass is 413 g/mol. The molecule has 0 spiro atoms. The van der Waals surface area contributed by atoms with Gasteiger partial charge in [0.05, 0.1) is 5.56 Å². The molecule has 3 rings (SSSR count). The van der Waals surface area contributed by atoms with Gasteiger partial charge in [-0.1, -0.05) is 24.3 Å². The fourth-order valence-corrected chi connectivity index (χ4v) is 3.21. The fraction of sp³-hybridized carbons (Fsp3) is 0.391. The quantitative estimate of drug-likeness (QED) is 0.819. The summed E-state index contributed by atoms with van der Waals surface area (Å²) in [6.07, 6.45) is -0.267. The zero-order valence-electron chi connectivity index (χ0n) is 17.7. The van der Waals surface area contributed by atoms with E-state index in [0.717, 1.165) is 25.2 Å². The third-order valence-electron chi connectivity index (χ3n) is 4.76. The molecule has 0 aromatic heterocycles. The van der Waals surface area contributed by atoms with Crippen LogP contribution in [-0.2, 0) is 11.3 Å². The molecule has 1 N–H and O–H groups in total. The Hall–Kier alpha value is -2.93. The van der Waals surface area contributed by atoms with E-state index in [0.29, 0.717) is 18.8 Å². The summed E-state index contributed by atoms with van der Waals surface area (Å²) in [5, 5.41) is 2.72. The van der Waals surface area contributed by atoms with E-state index >= 15 is 0 Å². The highest BCUT2D eigenvalue weighted by molar-refractivity contribution is 6.04. The Morgan fingerprint density at radius 3 is 2.23 bits per heavy atom. The number of nitrogens with one attached hydrogen (secondary N) is 1. The van der Waals surface area contributed by atoms with E-state index in [4.69, 9.17) is 4.74 Å². The third-order valence-corrected chi connectivity index (χ3v) is 4.76. The zero-order valence-corrected chi connectivity index (χ0v) is 17.7. The van der Waals surface area contributed by atoms with Crippen molar-refractivity contribution in [3.8, 4) is 0 Å². The molecule has 1 heterocycles. The number of hydrogen-bond acceptors (Lipinski definition) is 4. The van der Waals surface area contributed by atoms with Crippen LogP contribution in [0.15, 0.2) is 48.5 Å². The predicted molar refractivity (Wildman–Crippen MR) is 114 cm³/mol. The van der Waals surface area contributed by atoms with Crippen molar-refractivity contribution < 1.29 is 18.7 Å². The van der Waals surface area contributed by atoms with Gasteiger partial charge >= 0.3 is 6.09 Å². The van der Waals surface area contributed by atoms with Crippen molar-refractivity contribution in [3.05, 3.63) is 65.5 Å². The van der Waals surface area contributed by atoms with Gasteiger partial charge in [0.15, 0.2) is 0 Å². The van der Waals surface area contributed by atoms with Gasteiger partial charge in [-0.2, -0.15) is 0 Å². The van der Waals surface area contributed by atoms with E-state index in [1.54, 1.807) is 17.0 Å². The van der Waals surface area contributed by atoms with Crippen molar-refractivity contribution in [1.29, 1.82) is 0 Å². The molecule has 0 bridgehead atoms. The molecule has 0 atom stereocenters. The van der Waals surface area contributed by atoms with Crippen LogP contribution in [0.3, 0.4) is 0 Å². The second-order valence-corrected chi connectivity index (χ2v) is 8.37. The van der Waals surface area contributed by atoms with E-state index in [-0.39, 0.29) is 11.7 Å². The Morgan fingerprint density at radius 1 is 1.00 bits per heavy atom. The molecule has 2 aromatic carbocycles. The predicted octanol–water partition coefficient (Wildman–Crippen LogP) is 4.13. The Labute approximate surface area is 176 Å².